The lowest BCUT2D eigenvalue weighted by Gasteiger charge is -2.27. The molecule has 3 aromatic rings. The molecule has 2 atom stereocenters. The Balaban J connectivity index is 1.29. The summed E-state index contributed by atoms with van der Waals surface area (Å²) in [7, 11) is 0. The third-order valence-electron chi connectivity index (χ3n) is 5.98. The van der Waals surface area contributed by atoms with Gasteiger partial charge in [-0.15, -0.1) is 0 Å². The van der Waals surface area contributed by atoms with Crippen LogP contribution < -0.4 is 4.74 Å². The number of fused-ring (bicyclic) bond motifs is 1. The summed E-state index contributed by atoms with van der Waals surface area (Å²) in [6, 6.07) is 14.0. The highest BCUT2D eigenvalue weighted by Gasteiger charge is 2.45. The highest BCUT2D eigenvalue weighted by molar-refractivity contribution is 9.10. The zero-order chi connectivity index (χ0) is 24.2. The number of nitrogens with zero attached hydrogens (tertiary/aromatic N) is 2. The van der Waals surface area contributed by atoms with E-state index in [9.17, 15) is 9.59 Å². The molecule has 2 unspecified atom stereocenters. The van der Waals surface area contributed by atoms with Crippen LogP contribution in [-0.2, 0) is 14.3 Å². The predicted octanol–water partition coefficient (Wildman–Crippen LogP) is 5.38. The summed E-state index contributed by atoms with van der Waals surface area (Å²) in [6.45, 7) is -0.746. The van der Waals surface area contributed by atoms with Gasteiger partial charge in [-0.2, -0.15) is 5.10 Å². The third kappa shape index (κ3) is 5.24. The summed E-state index contributed by atoms with van der Waals surface area (Å²) in [5.74, 6) is 0.825. The topological polar surface area (TPSA) is 94.5 Å². The van der Waals surface area contributed by atoms with Crippen LogP contribution in [0.4, 0.5) is 0 Å². The van der Waals surface area contributed by atoms with Gasteiger partial charge in [0.25, 0.3) is 5.91 Å². The molecular formula is C26H23BrN2O6. The Bertz CT molecular complexity index is 1230. The summed E-state index contributed by atoms with van der Waals surface area (Å²) < 4.78 is 22.7. The van der Waals surface area contributed by atoms with Crippen LogP contribution in [0, 0.1) is 5.92 Å². The van der Waals surface area contributed by atoms with Crippen LogP contribution in [0.3, 0.4) is 0 Å². The number of benzene rings is 1. The fourth-order valence-electron chi connectivity index (χ4n) is 4.41. The Morgan fingerprint density at radius 2 is 1.89 bits per heavy atom. The number of hydrogen-bond donors (Lipinski definition) is 0. The Morgan fingerprint density at radius 3 is 2.63 bits per heavy atom. The Kier molecular flexibility index (Phi) is 6.85. The van der Waals surface area contributed by atoms with Gasteiger partial charge in [-0.25, -0.2) is 9.80 Å². The maximum Gasteiger partial charge on any atom is 0.344 e. The Hall–Kier alpha value is -3.59. The van der Waals surface area contributed by atoms with E-state index in [0.717, 1.165) is 40.8 Å². The van der Waals surface area contributed by atoms with Gasteiger partial charge in [-0.1, -0.05) is 15.9 Å². The van der Waals surface area contributed by atoms with E-state index in [2.05, 4.69) is 15.9 Å². The molecule has 1 aliphatic carbocycles. The molecule has 0 N–H and O–H groups in total. The maximum atomic E-state index is 13.2. The van der Waals surface area contributed by atoms with Gasteiger partial charge in [-0.3, -0.25) is 4.79 Å². The number of carbonyl (C=O) groups is 2. The molecule has 1 amide bonds. The summed E-state index contributed by atoms with van der Waals surface area (Å²) in [5.41, 5.74) is 1.87. The molecule has 1 fully saturated rings. The number of rotatable bonds is 7. The van der Waals surface area contributed by atoms with Crippen molar-refractivity contribution < 1.29 is 27.9 Å². The fourth-order valence-corrected chi connectivity index (χ4v) is 4.68. The molecule has 5 rings (SSSR count). The first-order valence-electron chi connectivity index (χ1n) is 11.3. The van der Waals surface area contributed by atoms with E-state index >= 15 is 0 Å². The molecule has 9 heteroatoms. The quantitative estimate of drug-likeness (QED) is 0.375. The van der Waals surface area contributed by atoms with Gasteiger partial charge >= 0.3 is 5.97 Å². The second kappa shape index (κ2) is 10.4. The predicted molar refractivity (Wildman–Crippen MR) is 130 cm³/mol. The van der Waals surface area contributed by atoms with Crippen LogP contribution in [0.2, 0.25) is 0 Å². The largest absolute Gasteiger partial charge is 0.482 e. The molecule has 0 bridgehead atoms. The summed E-state index contributed by atoms with van der Waals surface area (Å²) in [5, 5.41) is 6.08. The number of furan rings is 2. The average Bonchev–Trinajstić information content (AvgIpc) is 3.63. The molecule has 1 aromatic carbocycles. The molecule has 2 aromatic heterocycles. The van der Waals surface area contributed by atoms with E-state index in [4.69, 9.17) is 23.4 Å². The molecule has 0 spiro atoms. The molecule has 3 heterocycles. The number of esters is 1. The van der Waals surface area contributed by atoms with Crippen molar-refractivity contribution in [3.05, 3.63) is 82.6 Å². The SMILES string of the molecule is O=C(COc1ccc(Br)cc1)OCC(=O)N1N=C2C(=Cc3ccco3)CCCC2C1c1ccco1. The van der Waals surface area contributed by atoms with Gasteiger partial charge in [0.2, 0.25) is 0 Å². The molecule has 0 radical (unpaired) electrons. The highest BCUT2D eigenvalue weighted by atomic mass is 79.9. The zero-order valence-electron chi connectivity index (χ0n) is 18.8. The van der Waals surface area contributed by atoms with Crippen molar-refractivity contribution in [2.24, 2.45) is 11.0 Å². The van der Waals surface area contributed by atoms with Crippen LogP contribution in [0.1, 0.15) is 36.8 Å². The van der Waals surface area contributed by atoms with Gasteiger partial charge in [0.15, 0.2) is 13.2 Å². The van der Waals surface area contributed by atoms with Crippen molar-refractivity contribution >= 4 is 39.6 Å². The van der Waals surface area contributed by atoms with Crippen molar-refractivity contribution in [2.75, 3.05) is 13.2 Å². The van der Waals surface area contributed by atoms with Crippen LogP contribution in [-0.4, -0.2) is 35.8 Å². The van der Waals surface area contributed by atoms with Crippen molar-refractivity contribution in [2.45, 2.75) is 25.3 Å². The first-order valence-corrected chi connectivity index (χ1v) is 12.1. The average molecular weight is 539 g/mol. The van der Waals surface area contributed by atoms with Crippen molar-refractivity contribution in [3.8, 4) is 5.75 Å². The normalized spacial score (nSPS) is 20.4. The lowest BCUT2D eigenvalue weighted by atomic mass is 9.79. The Morgan fingerprint density at radius 1 is 1.09 bits per heavy atom. The molecule has 35 heavy (non-hydrogen) atoms. The molecule has 1 saturated carbocycles. The van der Waals surface area contributed by atoms with E-state index in [-0.39, 0.29) is 12.5 Å². The third-order valence-corrected chi connectivity index (χ3v) is 6.51. The maximum absolute atomic E-state index is 13.2. The minimum absolute atomic E-state index is 0.0171. The smallest absolute Gasteiger partial charge is 0.344 e. The molecule has 2 aliphatic rings. The summed E-state index contributed by atoms with van der Waals surface area (Å²) in [6.07, 6.45) is 7.84. The lowest BCUT2D eigenvalue weighted by molar-refractivity contribution is -0.154. The lowest BCUT2D eigenvalue weighted by Crippen LogP contribution is -2.34. The van der Waals surface area contributed by atoms with E-state index in [1.807, 2.05) is 24.3 Å². The van der Waals surface area contributed by atoms with Crippen LogP contribution in [0.25, 0.3) is 6.08 Å². The zero-order valence-corrected chi connectivity index (χ0v) is 20.3. The van der Waals surface area contributed by atoms with Crippen LogP contribution >= 0.6 is 15.9 Å². The molecule has 8 nitrogen and oxygen atoms in total. The number of hydrogen-bond acceptors (Lipinski definition) is 7. The fraction of sp³-hybridized carbons (Fsp3) is 0.269. The number of hydrazone groups is 1. The van der Waals surface area contributed by atoms with Crippen molar-refractivity contribution in [1.29, 1.82) is 0 Å². The Labute approximate surface area is 210 Å². The second-order valence-corrected chi connectivity index (χ2v) is 9.19. The molecule has 0 saturated heterocycles. The number of halogens is 1. The number of carbonyl (C=O) groups excluding carboxylic acids is 2. The number of amides is 1. The van der Waals surface area contributed by atoms with Gasteiger partial charge in [-0.05, 0) is 79.4 Å². The van der Waals surface area contributed by atoms with Gasteiger partial charge in [0.05, 0.1) is 18.2 Å². The molecule has 1 aliphatic heterocycles. The van der Waals surface area contributed by atoms with E-state index in [0.29, 0.717) is 11.5 Å². The minimum atomic E-state index is -0.640. The van der Waals surface area contributed by atoms with E-state index in [1.54, 1.807) is 42.9 Å². The second-order valence-electron chi connectivity index (χ2n) is 8.27. The highest BCUT2D eigenvalue weighted by Crippen LogP contribution is 2.44. The van der Waals surface area contributed by atoms with Gasteiger partial charge in [0, 0.05) is 10.4 Å². The van der Waals surface area contributed by atoms with Crippen LogP contribution in [0.15, 0.2) is 85.0 Å². The van der Waals surface area contributed by atoms with Crippen molar-refractivity contribution in [3.63, 3.8) is 0 Å². The standard InChI is InChI=1S/C26H23BrN2O6/c27-18-8-10-19(11-9-18)34-16-24(31)35-15-23(30)29-26(22-7-3-13-33-22)21-6-1-4-17(25(21)28-29)14-20-5-2-12-32-20/h2-3,5,7-14,21,26H,1,4,6,15-16H2. The van der Waals surface area contributed by atoms with Gasteiger partial charge in [0.1, 0.15) is 23.3 Å². The van der Waals surface area contributed by atoms with Crippen molar-refractivity contribution in [1.82, 2.24) is 5.01 Å². The summed E-state index contributed by atoms with van der Waals surface area (Å²) in [4.78, 5) is 25.3. The number of allylic oxidation sites excluding steroid dienone is 1. The van der Waals surface area contributed by atoms with Crippen LogP contribution in [0.5, 0.6) is 5.75 Å². The molecule has 180 valence electrons. The first-order chi connectivity index (χ1) is 17.1. The first kappa shape index (κ1) is 23.2. The van der Waals surface area contributed by atoms with Gasteiger partial charge < -0.3 is 18.3 Å². The van der Waals surface area contributed by atoms with E-state index < -0.39 is 24.5 Å². The summed E-state index contributed by atoms with van der Waals surface area (Å²) >= 11 is 3.34. The monoisotopic (exact) mass is 538 g/mol. The van der Waals surface area contributed by atoms with E-state index in [1.165, 1.54) is 5.01 Å². The minimum Gasteiger partial charge on any atom is -0.482 e. The molecular weight excluding hydrogens is 516 g/mol. The number of ether oxygens (including phenoxy) is 2.